The van der Waals surface area contributed by atoms with Gasteiger partial charge in [0.05, 0.1) is 0 Å². The van der Waals surface area contributed by atoms with Crippen LogP contribution in [0.4, 0.5) is 0 Å². The number of hydrogen-bond donors (Lipinski definition) is 1. The lowest BCUT2D eigenvalue weighted by Crippen LogP contribution is -2.42. The van der Waals surface area contributed by atoms with Crippen molar-refractivity contribution >= 4 is 0 Å². The first kappa shape index (κ1) is 10.8. The molecule has 1 saturated carbocycles. The largest absolute Gasteiger partial charge is 0.314 e. The van der Waals surface area contributed by atoms with Gasteiger partial charge in [0.2, 0.25) is 0 Å². The van der Waals surface area contributed by atoms with Gasteiger partial charge in [-0.2, -0.15) is 0 Å². The van der Waals surface area contributed by atoms with Crippen LogP contribution in [0.1, 0.15) is 25.7 Å². The van der Waals surface area contributed by atoms with Crippen molar-refractivity contribution in [1.29, 1.82) is 0 Å². The predicted octanol–water partition coefficient (Wildman–Crippen LogP) is 1.88. The van der Waals surface area contributed by atoms with E-state index in [0.29, 0.717) is 0 Å². The van der Waals surface area contributed by atoms with E-state index in [1.807, 2.05) is 0 Å². The lowest BCUT2D eigenvalue weighted by molar-refractivity contribution is 0.227. The quantitative estimate of drug-likeness (QED) is 0.731. The lowest BCUT2D eigenvalue weighted by Gasteiger charge is -2.31. The van der Waals surface area contributed by atoms with Crippen LogP contribution in [0, 0.1) is 17.8 Å². The van der Waals surface area contributed by atoms with Gasteiger partial charge in [0.25, 0.3) is 0 Å². The number of nitrogens with zero attached hydrogens (tertiary/aromatic N) is 1. The first-order valence-electron chi connectivity index (χ1n) is 6.91. The molecular weight excluding hydrogens is 196 g/mol. The smallest absolute Gasteiger partial charge is 0.00915 e. The number of hydrogen-bond acceptors (Lipinski definition) is 2. The Morgan fingerprint density at radius 1 is 1.19 bits per heavy atom. The zero-order valence-electron chi connectivity index (χ0n) is 10.4. The normalized spacial score (nSPS) is 39.7. The van der Waals surface area contributed by atoms with E-state index in [4.69, 9.17) is 0 Å². The molecule has 2 bridgehead atoms. The van der Waals surface area contributed by atoms with Crippen LogP contribution in [-0.4, -0.2) is 37.6 Å². The van der Waals surface area contributed by atoms with E-state index < -0.39 is 0 Å². The van der Waals surface area contributed by atoms with Crippen molar-refractivity contribution in [3.05, 3.63) is 12.2 Å². The zero-order chi connectivity index (χ0) is 11.0. The Balaban J connectivity index is 1.42. The molecule has 0 spiro atoms. The minimum Gasteiger partial charge on any atom is -0.314 e. The first-order valence-corrected chi connectivity index (χ1v) is 6.91. The van der Waals surface area contributed by atoms with E-state index >= 15 is 0 Å². The summed E-state index contributed by atoms with van der Waals surface area (Å²) in [7, 11) is 2.23. The maximum atomic E-state index is 3.81. The second-order valence-corrected chi connectivity index (χ2v) is 6.03. The molecule has 0 unspecified atom stereocenters. The van der Waals surface area contributed by atoms with Crippen LogP contribution < -0.4 is 5.32 Å². The standard InChI is InChI=1S/C14H24N2/c1-16-6-4-14(5-7-16)15-10-13-9-11-2-3-12(13)8-11/h2-3,11-15H,4-10H2,1H3/t11-,12-,13+/m0/s1. The Morgan fingerprint density at radius 3 is 2.62 bits per heavy atom. The van der Waals surface area contributed by atoms with Gasteiger partial charge in [-0.1, -0.05) is 12.2 Å². The molecule has 1 N–H and O–H groups in total. The Bertz CT molecular complexity index is 266. The van der Waals surface area contributed by atoms with Gasteiger partial charge in [-0.3, -0.25) is 0 Å². The molecule has 3 aliphatic rings. The Hall–Kier alpha value is -0.340. The summed E-state index contributed by atoms with van der Waals surface area (Å²) in [4.78, 5) is 2.44. The number of nitrogens with one attached hydrogen (secondary N) is 1. The highest BCUT2D eigenvalue weighted by molar-refractivity contribution is 5.10. The highest BCUT2D eigenvalue weighted by Gasteiger charge is 2.35. The molecule has 1 heterocycles. The molecule has 2 aliphatic carbocycles. The van der Waals surface area contributed by atoms with E-state index in [1.165, 1.54) is 45.3 Å². The molecule has 0 aromatic carbocycles. The molecule has 2 heteroatoms. The van der Waals surface area contributed by atoms with Crippen molar-refractivity contribution in [2.75, 3.05) is 26.7 Å². The summed E-state index contributed by atoms with van der Waals surface area (Å²) < 4.78 is 0. The molecule has 3 rings (SSSR count). The predicted molar refractivity (Wildman–Crippen MR) is 67.4 cm³/mol. The molecule has 1 aliphatic heterocycles. The number of rotatable bonds is 3. The van der Waals surface area contributed by atoms with Gasteiger partial charge >= 0.3 is 0 Å². The van der Waals surface area contributed by atoms with Gasteiger partial charge < -0.3 is 10.2 Å². The monoisotopic (exact) mass is 220 g/mol. The fraction of sp³-hybridized carbons (Fsp3) is 0.857. The molecule has 16 heavy (non-hydrogen) atoms. The van der Waals surface area contributed by atoms with Crippen LogP contribution in [0.25, 0.3) is 0 Å². The van der Waals surface area contributed by atoms with Gasteiger partial charge in [0.15, 0.2) is 0 Å². The topological polar surface area (TPSA) is 15.3 Å². The highest BCUT2D eigenvalue weighted by atomic mass is 15.1. The van der Waals surface area contributed by atoms with Crippen LogP contribution in [-0.2, 0) is 0 Å². The number of allylic oxidation sites excluding steroid dienone is 2. The summed E-state index contributed by atoms with van der Waals surface area (Å²) >= 11 is 0. The van der Waals surface area contributed by atoms with Gasteiger partial charge in [-0.25, -0.2) is 0 Å². The summed E-state index contributed by atoms with van der Waals surface area (Å²) in [6, 6.07) is 0.791. The number of fused-ring (bicyclic) bond motifs is 2. The van der Waals surface area contributed by atoms with Gasteiger partial charge in [-0.05, 0) is 70.1 Å². The van der Waals surface area contributed by atoms with Gasteiger partial charge in [0, 0.05) is 6.04 Å². The average Bonchev–Trinajstić information content (AvgIpc) is 2.90. The van der Waals surface area contributed by atoms with Crippen LogP contribution in [0.2, 0.25) is 0 Å². The Labute approximate surface area is 99.1 Å². The minimum atomic E-state index is 0.791. The van der Waals surface area contributed by atoms with E-state index in [0.717, 1.165) is 23.8 Å². The van der Waals surface area contributed by atoms with Crippen LogP contribution in [0.3, 0.4) is 0 Å². The SMILES string of the molecule is CN1CCC(NC[C@H]2C[C@H]3C=C[C@H]2C3)CC1. The number of piperidine rings is 1. The maximum Gasteiger partial charge on any atom is 0.00915 e. The molecule has 2 fully saturated rings. The first-order chi connectivity index (χ1) is 7.81. The molecule has 0 amide bonds. The molecule has 2 nitrogen and oxygen atoms in total. The summed E-state index contributed by atoms with van der Waals surface area (Å²) in [5, 5.41) is 3.81. The number of likely N-dealkylation sites (tertiary alicyclic amines) is 1. The lowest BCUT2D eigenvalue weighted by atomic mass is 9.93. The van der Waals surface area contributed by atoms with Crippen molar-refractivity contribution in [3.8, 4) is 0 Å². The summed E-state index contributed by atoms with van der Waals surface area (Å²) in [5.74, 6) is 2.77. The molecule has 3 atom stereocenters. The third-order valence-electron chi connectivity index (χ3n) is 4.80. The van der Waals surface area contributed by atoms with Gasteiger partial charge in [-0.15, -0.1) is 0 Å². The van der Waals surface area contributed by atoms with Crippen molar-refractivity contribution in [3.63, 3.8) is 0 Å². The summed E-state index contributed by atoms with van der Waals surface area (Å²) in [5.41, 5.74) is 0. The van der Waals surface area contributed by atoms with Crippen molar-refractivity contribution in [2.45, 2.75) is 31.7 Å². The van der Waals surface area contributed by atoms with Crippen LogP contribution in [0.15, 0.2) is 12.2 Å². The average molecular weight is 220 g/mol. The van der Waals surface area contributed by atoms with Crippen molar-refractivity contribution in [1.82, 2.24) is 10.2 Å². The zero-order valence-corrected chi connectivity index (χ0v) is 10.4. The van der Waals surface area contributed by atoms with Crippen LogP contribution >= 0.6 is 0 Å². The van der Waals surface area contributed by atoms with E-state index in [1.54, 1.807) is 0 Å². The molecule has 1 saturated heterocycles. The molecule has 0 radical (unpaired) electrons. The second-order valence-electron chi connectivity index (χ2n) is 6.03. The maximum absolute atomic E-state index is 3.81. The minimum absolute atomic E-state index is 0.791. The molecule has 0 aromatic rings. The van der Waals surface area contributed by atoms with E-state index in [9.17, 15) is 0 Å². The van der Waals surface area contributed by atoms with E-state index in [2.05, 4.69) is 29.4 Å². The highest BCUT2D eigenvalue weighted by Crippen LogP contribution is 2.43. The third-order valence-corrected chi connectivity index (χ3v) is 4.80. The van der Waals surface area contributed by atoms with Gasteiger partial charge in [0.1, 0.15) is 0 Å². The van der Waals surface area contributed by atoms with Crippen molar-refractivity contribution in [2.24, 2.45) is 17.8 Å². The summed E-state index contributed by atoms with van der Waals surface area (Å²) in [6.07, 6.45) is 10.5. The molecular formula is C14H24N2. The Morgan fingerprint density at radius 2 is 2.00 bits per heavy atom. The third kappa shape index (κ3) is 2.18. The Kier molecular flexibility index (Phi) is 3.03. The van der Waals surface area contributed by atoms with Crippen LogP contribution in [0.5, 0.6) is 0 Å². The second kappa shape index (κ2) is 4.50. The van der Waals surface area contributed by atoms with Crippen molar-refractivity contribution < 1.29 is 0 Å². The summed E-state index contributed by atoms with van der Waals surface area (Å²) in [6.45, 7) is 3.81. The fourth-order valence-electron chi connectivity index (χ4n) is 3.66. The molecule has 90 valence electrons. The fourth-order valence-corrected chi connectivity index (χ4v) is 3.66. The molecule has 0 aromatic heterocycles. The van der Waals surface area contributed by atoms with E-state index in [-0.39, 0.29) is 0 Å².